The van der Waals surface area contributed by atoms with Crippen molar-refractivity contribution in [2.75, 3.05) is 17.3 Å². The molecule has 1 heterocycles. The molecule has 8 heteroatoms. The van der Waals surface area contributed by atoms with Crippen molar-refractivity contribution in [2.24, 2.45) is 11.7 Å². The number of amides is 2. The number of carbonyl (C=O) groups is 2. The van der Waals surface area contributed by atoms with Gasteiger partial charge in [0, 0.05) is 23.2 Å². The van der Waals surface area contributed by atoms with E-state index in [4.69, 9.17) is 10.2 Å². The molecule has 2 atom stereocenters. The van der Waals surface area contributed by atoms with Gasteiger partial charge in [-0.25, -0.2) is 4.79 Å². The second kappa shape index (κ2) is 10.5. The molecule has 2 amide bonds. The summed E-state index contributed by atoms with van der Waals surface area (Å²) in [5.41, 5.74) is 7.18. The average molecular weight is 420 g/mol. The van der Waals surface area contributed by atoms with Crippen LogP contribution < -0.4 is 22.0 Å². The number of nitrogens with two attached hydrogens (primary N) is 1. The number of anilines is 1. The summed E-state index contributed by atoms with van der Waals surface area (Å²) in [4.78, 5) is 36.8. The highest BCUT2D eigenvalue weighted by Crippen LogP contribution is 2.21. The molecule has 7 nitrogen and oxygen atoms in total. The van der Waals surface area contributed by atoms with Crippen molar-refractivity contribution in [3.05, 3.63) is 40.2 Å². The molecule has 2 aromatic rings. The van der Waals surface area contributed by atoms with Crippen molar-refractivity contribution < 1.29 is 14.0 Å². The number of thioether (sulfide) groups is 1. The summed E-state index contributed by atoms with van der Waals surface area (Å²) in [6.07, 6.45) is 2.98. The largest absolute Gasteiger partial charge is 0.423 e. The Morgan fingerprint density at radius 3 is 2.59 bits per heavy atom. The molecule has 0 bridgehead atoms. The SMILES string of the molecule is CSCCC(N)C(=O)NC(CC(C)C)C(=O)Nc1ccc2c(C)cc(=O)oc2c1. The molecule has 4 N–H and O–H groups in total. The number of nitrogens with one attached hydrogen (secondary N) is 2. The van der Waals surface area contributed by atoms with Gasteiger partial charge in [-0.2, -0.15) is 11.8 Å². The molecule has 158 valence electrons. The second-order valence-corrected chi connectivity index (χ2v) is 8.51. The Morgan fingerprint density at radius 2 is 1.93 bits per heavy atom. The minimum absolute atomic E-state index is 0.200. The fourth-order valence-corrected chi connectivity index (χ4v) is 3.48. The number of hydrogen-bond donors (Lipinski definition) is 3. The molecule has 0 aliphatic heterocycles. The normalized spacial score (nSPS) is 13.3. The lowest BCUT2D eigenvalue weighted by atomic mass is 10.0. The predicted octanol–water partition coefficient (Wildman–Crippen LogP) is 2.65. The predicted molar refractivity (Wildman–Crippen MR) is 118 cm³/mol. The van der Waals surface area contributed by atoms with Crippen LogP contribution in [-0.4, -0.2) is 35.9 Å². The van der Waals surface area contributed by atoms with Gasteiger partial charge in [-0.15, -0.1) is 0 Å². The molecular weight excluding hydrogens is 390 g/mol. The number of aryl methyl sites for hydroxylation is 1. The van der Waals surface area contributed by atoms with Gasteiger partial charge in [0.05, 0.1) is 6.04 Å². The fourth-order valence-electron chi connectivity index (χ4n) is 2.99. The van der Waals surface area contributed by atoms with Crippen LogP contribution in [0.2, 0.25) is 0 Å². The van der Waals surface area contributed by atoms with Crippen molar-refractivity contribution in [1.29, 1.82) is 0 Å². The summed E-state index contributed by atoms with van der Waals surface area (Å²) in [5.74, 6) is 0.307. The highest BCUT2D eigenvalue weighted by molar-refractivity contribution is 7.98. The Bertz CT molecular complexity index is 926. The zero-order valence-corrected chi connectivity index (χ0v) is 18.1. The van der Waals surface area contributed by atoms with Crippen LogP contribution in [0.5, 0.6) is 0 Å². The zero-order valence-electron chi connectivity index (χ0n) is 17.3. The fraction of sp³-hybridized carbons (Fsp3) is 0.476. The van der Waals surface area contributed by atoms with Crippen molar-refractivity contribution >= 4 is 40.2 Å². The molecule has 0 aliphatic carbocycles. The first kappa shape index (κ1) is 23.0. The number of hydrogen-bond acceptors (Lipinski definition) is 6. The van der Waals surface area contributed by atoms with E-state index in [1.807, 2.05) is 27.0 Å². The van der Waals surface area contributed by atoms with Crippen LogP contribution in [0.4, 0.5) is 5.69 Å². The summed E-state index contributed by atoms with van der Waals surface area (Å²) in [5, 5.41) is 6.38. The van der Waals surface area contributed by atoms with Gasteiger partial charge in [0.2, 0.25) is 11.8 Å². The first-order valence-electron chi connectivity index (χ1n) is 9.61. The Balaban J connectivity index is 2.15. The minimum atomic E-state index is -0.706. The number of fused-ring (bicyclic) bond motifs is 1. The van der Waals surface area contributed by atoms with Crippen molar-refractivity contribution in [3.63, 3.8) is 0 Å². The van der Waals surface area contributed by atoms with E-state index in [9.17, 15) is 14.4 Å². The lowest BCUT2D eigenvalue weighted by Crippen LogP contribution is -2.50. The summed E-state index contributed by atoms with van der Waals surface area (Å²) < 4.78 is 5.23. The third-order valence-corrected chi connectivity index (χ3v) is 5.17. The monoisotopic (exact) mass is 419 g/mol. The van der Waals surface area contributed by atoms with E-state index in [-0.39, 0.29) is 17.7 Å². The maximum absolute atomic E-state index is 12.8. The zero-order chi connectivity index (χ0) is 21.6. The third-order valence-electron chi connectivity index (χ3n) is 4.53. The topological polar surface area (TPSA) is 114 Å². The molecule has 0 radical (unpaired) electrons. The summed E-state index contributed by atoms with van der Waals surface area (Å²) in [6.45, 7) is 5.78. The Morgan fingerprint density at radius 1 is 1.21 bits per heavy atom. The van der Waals surface area contributed by atoms with Crippen LogP contribution in [0, 0.1) is 12.8 Å². The van der Waals surface area contributed by atoms with Gasteiger partial charge in [-0.1, -0.05) is 13.8 Å². The molecule has 0 saturated carbocycles. The van der Waals surface area contributed by atoms with E-state index in [2.05, 4.69) is 10.6 Å². The van der Waals surface area contributed by atoms with Gasteiger partial charge < -0.3 is 20.8 Å². The molecule has 29 heavy (non-hydrogen) atoms. The standard InChI is InChI=1S/C21H29N3O4S/c1-12(2)9-17(24-20(26)16(22)7-8-29-4)21(27)23-14-5-6-15-13(3)10-19(25)28-18(15)11-14/h5-6,10-12,16-17H,7-9,22H2,1-4H3,(H,23,27)(H,24,26). The Kier molecular flexibility index (Phi) is 8.28. The molecule has 1 aromatic heterocycles. The lowest BCUT2D eigenvalue weighted by Gasteiger charge is -2.22. The van der Waals surface area contributed by atoms with Gasteiger partial charge in [0.1, 0.15) is 11.6 Å². The number of carbonyl (C=O) groups excluding carboxylic acids is 2. The highest BCUT2D eigenvalue weighted by atomic mass is 32.2. The van der Waals surface area contributed by atoms with E-state index >= 15 is 0 Å². The van der Waals surface area contributed by atoms with Gasteiger partial charge in [-0.05, 0) is 55.4 Å². The van der Waals surface area contributed by atoms with E-state index < -0.39 is 17.7 Å². The van der Waals surface area contributed by atoms with Gasteiger partial charge in [-0.3, -0.25) is 9.59 Å². The molecule has 1 aromatic carbocycles. The van der Waals surface area contributed by atoms with Crippen LogP contribution in [-0.2, 0) is 9.59 Å². The molecule has 0 saturated heterocycles. The second-order valence-electron chi connectivity index (χ2n) is 7.53. The Labute approximate surface area is 174 Å². The molecule has 0 spiro atoms. The van der Waals surface area contributed by atoms with Gasteiger partial charge in [0.15, 0.2) is 0 Å². The molecule has 2 unspecified atom stereocenters. The summed E-state index contributed by atoms with van der Waals surface area (Å²) in [6, 6.07) is 5.21. The van der Waals surface area contributed by atoms with E-state index in [1.54, 1.807) is 30.0 Å². The summed E-state index contributed by atoms with van der Waals surface area (Å²) in [7, 11) is 0. The lowest BCUT2D eigenvalue weighted by molar-refractivity contribution is -0.127. The number of rotatable bonds is 9. The van der Waals surface area contributed by atoms with Crippen LogP contribution in [0.15, 0.2) is 33.5 Å². The minimum Gasteiger partial charge on any atom is -0.423 e. The maximum atomic E-state index is 12.8. The first-order valence-corrected chi connectivity index (χ1v) is 11.0. The molecule has 2 rings (SSSR count). The van der Waals surface area contributed by atoms with Crippen molar-refractivity contribution in [2.45, 2.75) is 45.7 Å². The first-order chi connectivity index (χ1) is 13.7. The van der Waals surface area contributed by atoms with E-state index in [0.29, 0.717) is 24.1 Å². The maximum Gasteiger partial charge on any atom is 0.336 e. The molecule has 0 fully saturated rings. The highest BCUT2D eigenvalue weighted by Gasteiger charge is 2.24. The molecule has 0 aliphatic rings. The summed E-state index contributed by atoms with van der Waals surface area (Å²) >= 11 is 1.62. The number of benzene rings is 1. The smallest absolute Gasteiger partial charge is 0.336 e. The average Bonchev–Trinajstić information content (AvgIpc) is 2.64. The van der Waals surface area contributed by atoms with Gasteiger partial charge >= 0.3 is 5.63 Å². The Hall–Kier alpha value is -2.32. The van der Waals surface area contributed by atoms with Crippen LogP contribution in [0.1, 0.15) is 32.3 Å². The molecular formula is C21H29N3O4S. The van der Waals surface area contributed by atoms with E-state index in [0.717, 1.165) is 16.7 Å². The van der Waals surface area contributed by atoms with Crippen LogP contribution in [0.3, 0.4) is 0 Å². The van der Waals surface area contributed by atoms with Crippen molar-refractivity contribution in [1.82, 2.24) is 5.32 Å². The van der Waals surface area contributed by atoms with Gasteiger partial charge in [0.25, 0.3) is 0 Å². The quantitative estimate of drug-likeness (QED) is 0.538. The van der Waals surface area contributed by atoms with E-state index in [1.165, 1.54) is 6.07 Å². The van der Waals surface area contributed by atoms with Crippen LogP contribution >= 0.6 is 11.8 Å². The van der Waals surface area contributed by atoms with Crippen molar-refractivity contribution in [3.8, 4) is 0 Å². The van der Waals surface area contributed by atoms with Crippen LogP contribution in [0.25, 0.3) is 11.0 Å². The third kappa shape index (κ3) is 6.61.